The molecule has 4 rings (SSSR count). The standard InChI is InChI=1S/C21H23N5O/c1-15(19(22)16-8-4-2-5-9-16)21(27)25-12-13-26-18(14-25)23-24-20(26)17-10-6-3-7-11-17/h2-11,15,19H,12-14,22H2,1H3. The highest BCUT2D eigenvalue weighted by Crippen LogP contribution is 2.25. The number of fused-ring (bicyclic) bond motifs is 1. The van der Waals surface area contributed by atoms with Gasteiger partial charge < -0.3 is 15.2 Å². The van der Waals surface area contributed by atoms with Crippen LogP contribution in [-0.4, -0.2) is 32.1 Å². The van der Waals surface area contributed by atoms with Crippen molar-refractivity contribution in [3.05, 3.63) is 72.1 Å². The first kappa shape index (κ1) is 17.4. The Morgan fingerprint density at radius 1 is 1.00 bits per heavy atom. The zero-order valence-electron chi connectivity index (χ0n) is 15.3. The van der Waals surface area contributed by atoms with E-state index in [-0.39, 0.29) is 17.9 Å². The first-order chi connectivity index (χ1) is 13.1. The van der Waals surface area contributed by atoms with Crippen LogP contribution in [0, 0.1) is 5.92 Å². The van der Waals surface area contributed by atoms with Gasteiger partial charge in [0.1, 0.15) is 0 Å². The van der Waals surface area contributed by atoms with Crippen molar-refractivity contribution in [2.75, 3.05) is 6.54 Å². The van der Waals surface area contributed by atoms with Crippen molar-refractivity contribution in [2.24, 2.45) is 11.7 Å². The molecule has 2 heterocycles. The number of hydrogen-bond donors (Lipinski definition) is 1. The van der Waals surface area contributed by atoms with Gasteiger partial charge in [-0.25, -0.2) is 0 Å². The number of benzene rings is 2. The maximum absolute atomic E-state index is 13.0. The molecule has 1 aliphatic heterocycles. The first-order valence-electron chi connectivity index (χ1n) is 9.22. The Labute approximate surface area is 158 Å². The third kappa shape index (κ3) is 3.36. The van der Waals surface area contributed by atoms with E-state index < -0.39 is 0 Å². The molecule has 1 aliphatic rings. The molecule has 1 amide bonds. The second kappa shape index (κ2) is 7.32. The zero-order chi connectivity index (χ0) is 18.8. The number of nitrogens with zero attached hydrogens (tertiary/aromatic N) is 4. The van der Waals surface area contributed by atoms with Gasteiger partial charge in [0.25, 0.3) is 0 Å². The number of aromatic nitrogens is 3. The lowest BCUT2D eigenvalue weighted by molar-refractivity contribution is -0.137. The van der Waals surface area contributed by atoms with Crippen LogP contribution >= 0.6 is 0 Å². The van der Waals surface area contributed by atoms with Crippen LogP contribution in [0.15, 0.2) is 60.7 Å². The average molecular weight is 361 g/mol. The molecule has 138 valence electrons. The molecule has 0 aliphatic carbocycles. The van der Waals surface area contributed by atoms with Crippen molar-refractivity contribution in [3.63, 3.8) is 0 Å². The van der Waals surface area contributed by atoms with Crippen LogP contribution in [0.5, 0.6) is 0 Å². The van der Waals surface area contributed by atoms with Crippen LogP contribution < -0.4 is 5.73 Å². The SMILES string of the molecule is CC(C(=O)N1CCn2c(nnc2-c2ccccc2)C1)C(N)c1ccccc1. The first-order valence-corrected chi connectivity index (χ1v) is 9.22. The minimum Gasteiger partial charge on any atom is -0.333 e. The molecular formula is C21H23N5O. The van der Waals surface area contributed by atoms with Crippen molar-refractivity contribution in [1.82, 2.24) is 19.7 Å². The molecule has 6 heteroatoms. The van der Waals surface area contributed by atoms with E-state index in [0.717, 1.165) is 22.8 Å². The Kier molecular flexibility index (Phi) is 4.73. The van der Waals surface area contributed by atoms with E-state index in [1.54, 1.807) is 0 Å². The van der Waals surface area contributed by atoms with Crippen molar-refractivity contribution in [1.29, 1.82) is 0 Å². The highest BCUT2D eigenvalue weighted by atomic mass is 16.2. The highest BCUT2D eigenvalue weighted by Gasteiger charge is 2.30. The van der Waals surface area contributed by atoms with E-state index in [2.05, 4.69) is 14.8 Å². The van der Waals surface area contributed by atoms with E-state index in [1.807, 2.05) is 72.5 Å². The summed E-state index contributed by atoms with van der Waals surface area (Å²) in [6.45, 7) is 3.68. The summed E-state index contributed by atoms with van der Waals surface area (Å²) >= 11 is 0. The zero-order valence-corrected chi connectivity index (χ0v) is 15.3. The summed E-state index contributed by atoms with van der Waals surface area (Å²) in [7, 11) is 0. The average Bonchev–Trinajstić information content (AvgIpc) is 3.16. The van der Waals surface area contributed by atoms with Gasteiger partial charge in [-0.15, -0.1) is 10.2 Å². The van der Waals surface area contributed by atoms with Gasteiger partial charge in [0.15, 0.2) is 11.6 Å². The van der Waals surface area contributed by atoms with Gasteiger partial charge in [-0.05, 0) is 5.56 Å². The van der Waals surface area contributed by atoms with Gasteiger partial charge in [0.05, 0.1) is 12.5 Å². The van der Waals surface area contributed by atoms with Gasteiger partial charge in [-0.2, -0.15) is 0 Å². The van der Waals surface area contributed by atoms with Gasteiger partial charge in [-0.3, -0.25) is 4.79 Å². The number of rotatable bonds is 4. The predicted molar refractivity (Wildman–Crippen MR) is 103 cm³/mol. The van der Waals surface area contributed by atoms with Crippen LogP contribution in [0.2, 0.25) is 0 Å². The summed E-state index contributed by atoms with van der Waals surface area (Å²) in [5, 5.41) is 8.66. The molecule has 6 nitrogen and oxygen atoms in total. The molecule has 0 saturated heterocycles. The van der Waals surface area contributed by atoms with Crippen molar-refractivity contribution >= 4 is 5.91 Å². The number of carbonyl (C=O) groups excluding carboxylic acids is 1. The lowest BCUT2D eigenvalue weighted by Gasteiger charge is -2.31. The molecule has 0 saturated carbocycles. The molecular weight excluding hydrogens is 338 g/mol. The second-order valence-electron chi connectivity index (χ2n) is 6.94. The van der Waals surface area contributed by atoms with Crippen LogP contribution in [0.3, 0.4) is 0 Å². The molecule has 2 unspecified atom stereocenters. The van der Waals surface area contributed by atoms with Gasteiger partial charge in [0.2, 0.25) is 5.91 Å². The van der Waals surface area contributed by atoms with Gasteiger partial charge in [-0.1, -0.05) is 67.6 Å². The van der Waals surface area contributed by atoms with E-state index in [4.69, 9.17) is 5.73 Å². The molecule has 2 N–H and O–H groups in total. The maximum atomic E-state index is 13.0. The van der Waals surface area contributed by atoms with Crippen LogP contribution in [0.4, 0.5) is 0 Å². The van der Waals surface area contributed by atoms with E-state index in [0.29, 0.717) is 19.6 Å². The summed E-state index contributed by atoms with van der Waals surface area (Å²) < 4.78 is 2.10. The minimum atomic E-state index is -0.321. The second-order valence-corrected chi connectivity index (χ2v) is 6.94. The fourth-order valence-electron chi connectivity index (χ4n) is 3.55. The minimum absolute atomic E-state index is 0.0573. The fourth-order valence-corrected chi connectivity index (χ4v) is 3.55. The molecule has 0 spiro atoms. The number of amides is 1. The summed E-state index contributed by atoms with van der Waals surface area (Å²) in [5.41, 5.74) is 8.35. The third-order valence-corrected chi connectivity index (χ3v) is 5.21. The van der Waals surface area contributed by atoms with Crippen LogP contribution in [0.25, 0.3) is 11.4 Å². The van der Waals surface area contributed by atoms with Crippen molar-refractivity contribution in [3.8, 4) is 11.4 Å². The maximum Gasteiger partial charge on any atom is 0.227 e. The van der Waals surface area contributed by atoms with Crippen molar-refractivity contribution in [2.45, 2.75) is 26.1 Å². The van der Waals surface area contributed by atoms with Gasteiger partial charge >= 0.3 is 0 Å². The lowest BCUT2D eigenvalue weighted by atomic mass is 9.94. The van der Waals surface area contributed by atoms with E-state index in [1.165, 1.54) is 0 Å². The predicted octanol–water partition coefficient (Wildman–Crippen LogP) is 2.62. The number of nitrogens with two attached hydrogens (primary N) is 1. The highest BCUT2D eigenvalue weighted by molar-refractivity contribution is 5.79. The Morgan fingerprint density at radius 2 is 1.67 bits per heavy atom. The smallest absolute Gasteiger partial charge is 0.227 e. The summed E-state index contributed by atoms with van der Waals surface area (Å²) in [6.07, 6.45) is 0. The van der Waals surface area contributed by atoms with Crippen LogP contribution in [-0.2, 0) is 17.9 Å². The molecule has 0 radical (unpaired) electrons. The van der Waals surface area contributed by atoms with Crippen molar-refractivity contribution < 1.29 is 4.79 Å². The number of carbonyl (C=O) groups is 1. The Bertz CT molecular complexity index is 922. The van der Waals surface area contributed by atoms with E-state index >= 15 is 0 Å². The molecule has 3 aromatic rings. The normalized spacial score (nSPS) is 15.9. The van der Waals surface area contributed by atoms with Gasteiger partial charge in [0, 0.05) is 24.7 Å². The summed E-state index contributed by atoms with van der Waals surface area (Å²) in [5.74, 6) is 1.43. The topological polar surface area (TPSA) is 77.0 Å². The third-order valence-electron chi connectivity index (χ3n) is 5.21. The molecule has 2 aromatic carbocycles. The lowest BCUT2D eigenvalue weighted by Crippen LogP contribution is -2.43. The Morgan fingerprint density at radius 3 is 2.37 bits per heavy atom. The fraction of sp³-hybridized carbons (Fsp3) is 0.286. The molecule has 2 atom stereocenters. The van der Waals surface area contributed by atoms with E-state index in [9.17, 15) is 4.79 Å². The number of hydrogen-bond acceptors (Lipinski definition) is 4. The monoisotopic (exact) mass is 361 g/mol. The summed E-state index contributed by atoms with van der Waals surface area (Å²) in [4.78, 5) is 14.8. The summed E-state index contributed by atoms with van der Waals surface area (Å²) in [6, 6.07) is 19.5. The molecule has 0 bridgehead atoms. The molecule has 1 aromatic heterocycles. The molecule has 0 fully saturated rings. The molecule has 27 heavy (non-hydrogen) atoms. The Hall–Kier alpha value is -2.99. The Balaban J connectivity index is 1.50. The van der Waals surface area contributed by atoms with Crippen LogP contribution in [0.1, 0.15) is 24.4 Å². The quantitative estimate of drug-likeness (QED) is 0.775. The largest absolute Gasteiger partial charge is 0.333 e.